The molecule has 0 unspecified atom stereocenters. The number of halogens is 1. The molecule has 0 fully saturated rings. The van der Waals surface area contributed by atoms with Gasteiger partial charge in [0.05, 0.1) is 16.8 Å². The second kappa shape index (κ2) is 6.65. The fourth-order valence-corrected chi connectivity index (χ4v) is 1.90. The molecule has 0 atom stereocenters. The predicted molar refractivity (Wildman–Crippen MR) is 82.7 cm³/mol. The van der Waals surface area contributed by atoms with Crippen LogP contribution in [0.3, 0.4) is 0 Å². The molecule has 0 radical (unpaired) electrons. The lowest BCUT2D eigenvalue weighted by Crippen LogP contribution is -2.04. The smallest absolute Gasteiger partial charge is 0.373 e. The van der Waals surface area contributed by atoms with E-state index in [0.29, 0.717) is 0 Å². The maximum atomic E-state index is 13.7. The Labute approximate surface area is 135 Å². The van der Waals surface area contributed by atoms with E-state index in [-0.39, 0.29) is 23.1 Å². The van der Waals surface area contributed by atoms with Gasteiger partial charge in [-0.1, -0.05) is 12.1 Å². The molecule has 120 valence electrons. The van der Waals surface area contributed by atoms with Crippen LogP contribution in [0.15, 0.2) is 55.1 Å². The van der Waals surface area contributed by atoms with Crippen LogP contribution in [0, 0.1) is 15.9 Å². The molecule has 0 aliphatic carbocycles. The van der Waals surface area contributed by atoms with Crippen molar-refractivity contribution < 1.29 is 14.1 Å². The third kappa shape index (κ3) is 3.24. The SMILES string of the molecule is O=[N+]([O-])c1c(Nc2ccccc2F)ncnc1Oc1cccnc1. The van der Waals surface area contributed by atoms with E-state index in [1.807, 2.05) is 0 Å². The predicted octanol–water partition coefficient (Wildman–Crippen LogP) is 3.45. The Balaban J connectivity index is 1.99. The number of aromatic nitrogens is 3. The summed E-state index contributed by atoms with van der Waals surface area (Å²) < 4.78 is 19.1. The van der Waals surface area contributed by atoms with Gasteiger partial charge < -0.3 is 10.1 Å². The van der Waals surface area contributed by atoms with E-state index in [9.17, 15) is 14.5 Å². The lowest BCUT2D eigenvalue weighted by Gasteiger charge is -2.09. The summed E-state index contributed by atoms with van der Waals surface area (Å²) in [5.41, 5.74) is -0.462. The van der Waals surface area contributed by atoms with Gasteiger partial charge in [-0.2, -0.15) is 4.98 Å². The molecule has 1 aromatic carbocycles. The van der Waals surface area contributed by atoms with Crippen molar-refractivity contribution in [1.82, 2.24) is 15.0 Å². The van der Waals surface area contributed by atoms with Crippen molar-refractivity contribution in [1.29, 1.82) is 0 Å². The molecule has 0 bridgehead atoms. The van der Waals surface area contributed by atoms with Crippen molar-refractivity contribution in [3.05, 3.63) is 71.1 Å². The molecule has 8 nitrogen and oxygen atoms in total. The second-order valence-corrected chi connectivity index (χ2v) is 4.53. The normalized spacial score (nSPS) is 10.2. The summed E-state index contributed by atoms with van der Waals surface area (Å²) in [6, 6.07) is 8.94. The number of hydrogen-bond donors (Lipinski definition) is 1. The summed E-state index contributed by atoms with van der Waals surface area (Å²) in [6.07, 6.45) is 4.00. The number of ether oxygens (including phenoxy) is 1. The summed E-state index contributed by atoms with van der Waals surface area (Å²) in [5, 5.41) is 14.0. The van der Waals surface area contributed by atoms with Crippen LogP contribution in [-0.2, 0) is 0 Å². The topological polar surface area (TPSA) is 103 Å². The number of nitrogens with zero attached hydrogens (tertiary/aromatic N) is 4. The third-order valence-corrected chi connectivity index (χ3v) is 2.95. The Hall–Kier alpha value is -3.62. The Morgan fingerprint density at radius 1 is 1.17 bits per heavy atom. The van der Waals surface area contributed by atoms with Gasteiger partial charge in [-0.3, -0.25) is 15.1 Å². The minimum absolute atomic E-state index is 0.0478. The van der Waals surface area contributed by atoms with Crippen molar-refractivity contribution in [2.75, 3.05) is 5.32 Å². The lowest BCUT2D eigenvalue weighted by atomic mass is 10.3. The number of pyridine rings is 1. The molecule has 0 aliphatic rings. The first kappa shape index (κ1) is 15.3. The van der Waals surface area contributed by atoms with Crippen LogP contribution in [0.5, 0.6) is 11.6 Å². The zero-order chi connectivity index (χ0) is 16.9. The van der Waals surface area contributed by atoms with E-state index < -0.39 is 16.4 Å². The van der Waals surface area contributed by atoms with Crippen LogP contribution >= 0.6 is 0 Å². The molecular formula is C15H10FN5O3. The highest BCUT2D eigenvalue weighted by Gasteiger charge is 2.25. The molecule has 0 spiro atoms. The van der Waals surface area contributed by atoms with E-state index >= 15 is 0 Å². The largest absolute Gasteiger partial charge is 0.432 e. The van der Waals surface area contributed by atoms with Gasteiger partial charge in [-0.15, -0.1) is 0 Å². The summed E-state index contributed by atoms with van der Waals surface area (Å²) in [6.45, 7) is 0. The van der Waals surface area contributed by atoms with Gasteiger partial charge in [-0.25, -0.2) is 9.37 Å². The fourth-order valence-electron chi connectivity index (χ4n) is 1.90. The van der Waals surface area contributed by atoms with Gasteiger partial charge in [0.2, 0.25) is 5.82 Å². The van der Waals surface area contributed by atoms with Crippen LogP contribution in [0.4, 0.5) is 21.6 Å². The standard InChI is InChI=1S/C15H10FN5O3/c16-11-5-1-2-6-12(11)20-14-13(21(22)23)15(19-9-18-14)24-10-4-3-7-17-8-10/h1-9H,(H,18,19,20). The summed E-state index contributed by atoms with van der Waals surface area (Å²) in [7, 11) is 0. The number of hydrogen-bond acceptors (Lipinski definition) is 7. The lowest BCUT2D eigenvalue weighted by molar-refractivity contribution is -0.385. The molecule has 9 heteroatoms. The number of rotatable bonds is 5. The van der Waals surface area contributed by atoms with E-state index in [4.69, 9.17) is 4.74 Å². The van der Waals surface area contributed by atoms with E-state index in [0.717, 1.165) is 6.33 Å². The summed E-state index contributed by atoms with van der Waals surface area (Å²) in [5.74, 6) is -0.753. The summed E-state index contributed by atoms with van der Waals surface area (Å²) >= 11 is 0. The Morgan fingerprint density at radius 2 is 2.00 bits per heavy atom. The quantitative estimate of drug-likeness (QED) is 0.565. The van der Waals surface area contributed by atoms with Crippen molar-refractivity contribution >= 4 is 17.2 Å². The monoisotopic (exact) mass is 327 g/mol. The summed E-state index contributed by atoms with van der Waals surface area (Å²) in [4.78, 5) is 22.2. The first-order chi connectivity index (χ1) is 11.6. The van der Waals surface area contributed by atoms with E-state index in [1.165, 1.54) is 30.6 Å². The van der Waals surface area contributed by atoms with Crippen molar-refractivity contribution in [2.24, 2.45) is 0 Å². The van der Waals surface area contributed by atoms with Gasteiger partial charge in [0.25, 0.3) is 0 Å². The average molecular weight is 327 g/mol. The molecule has 0 saturated heterocycles. The number of benzene rings is 1. The van der Waals surface area contributed by atoms with Gasteiger partial charge in [0.1, 0.15) is 17.9 Å². The Bertz CT molecular complexity index is 876. The number of nitro groups is 1. The fraction of sp³-hybridized carbons (Fsp3) is 0. The maximum absolute atomic E-state index is 13.7. The van der Waals surface area contributed by atoms with Crippen LogP contribution in [0.2, 0.25) is 0 Å². The van der Waals surface area contributed by atoms with E-state index in [2.05, 4.69) is 20.3 Å². The highest BCUT2D eigenvalue weighted by Crippen LogP contribution is 2.35. The van der Waals surface area contributed by atoms with Crippen LogP contribution < -0.4 is 10.1 Å². The minimum atomic E-state index is -0.700. The van der Waals surface area contributed by atoms with Crippen LogP contribution in [0.1, 0.15) is 0 Å². The van der Waals surface area contributed by atoms with E-state index in [1.54, 1.807) is 18.2 Å². The van der Waals surface area contributed by atoms with Crippen LogP contribution in [-0.4, -0.2) is 19.9 Å². The zero-order valence-corrected chi connectivity index (χ0v) is 12.1. The molecule has 2 heterocycles. The zero-order valence-electron chi connectivity index (χ0n) is 12.1. The molecule has 3 rings (SSSR count). The third-order valence-electron chi connectivity index (χ3n) is 2.95. The Morgan fingerprint density at radius 3 is 2.71 bits per heavy atom. The van der Waals surface area contributed by atoms with Crippen molar-refractivity contribution in [3.8, 4) is 11.6 Å². The van der Waals surface area contributed by atoms with Crippen molar-refractivity contribution in [2.45, 2.75) is 0 Å². The Kier molecular flexibility index (Phi) is 4.23. The van der Waals surface area contributed by atoms with Gasteiger partial charge in [0, 0.05) is 6.20 Å². The maximum Gasteiger partial charge on any atom is 0.373 e. The average Bonchev–Trinajstić information content (AvgIpc) is 2.58. The molecule has 0 saturated carbocycles. The molecule has 0 aliphatic heterocycles. The van der Waals surface area contributed by atoms with Crippen LogP contribution in [0.25, 0.3) is 0 Å². The highest BCUT2D eigenvalue weighted by molar-refractivity contribution is 5.68. The molecule has 1 N–H and O–H groups in total. The number of nitrogens with one attached hydrogen (secondary N) is 1. The van der Waals surface area contributed by atoms with Gasteiger partial charge in [0.15, 0.2) is 0 Å². The minimum Gasteiger partial charge on any atom is -0.432 e. The molecule has 3 aromatic rings. The molecular weight excluding hydrogens is 317 g/mol. The second-order valence-electron chi connectivity index (χ2n) is 4.53. The first-order valence-electron chi connectivity index (χ1n) is 6.74. The molecule has 2 aromatic heterocycles. The molecule has 24 heavy (non-hydrogen) atoms. The number of para-hydroxylation sites is 1. The molecule has 0 amide bonds. The van der Waals surface area contributed by atoms with Gasteiger partial charge in [-0.05, 0) is 24.3 Å². The number of anilines is 2. The van der Waals surface area contributed by atoms with Crippen molar-refractivity contribution in [3.63, 3.8) is 0 Å². The highest BCUT2D eigenvalue weighted by atomic mass is 19.1. The van der Waals surface area contributed by atoms with Gasteiger partial charge >= 0.3 is 11.6 Å². The first-order valence-corrected chi connectivity index (χ1v) is 6.74.